The maximum atomic E-state index is 5.98. The molecular weight excluding hydrogens is 236 g/mol. The monoisotopic (exact) mass is 244 g/mol. The summed E-state index contributed by atoms with van der Waals surface area (Å²) >= 11 is 5.98. The molecule has 0 saturated heterocycles. The Hall–Kier alpha value is -2.07. The first-order valence-electron chi connectivity index (χ1n) is 5.09. The number of aromatic nitrogens is 3. The Labute approximate surface area is 103 Å². The van der Waals surface area contributed by atoms with Gasteiger partial charge in [0.1, 0.15) is 5.82 Å². The van der Waals surface area contributed by atoms with E-state index in [1.54, 1.807) is 29.0 Å². The summed E-state index contributed by atoms with van der Waals surface area (Å²) in [5.74, 6) is 0.503. The Morgan fingerprint density at radius 2 is 2.06 bits per heavy atom. The van der Waals surface area contributed by atoms with Crippen molar-refractivity contribution < 1.29 is 0 Å². The Morgan fingerprint density at radius 3 is 2.82 bits per heavy atom. The minimum Gasteiger partial charge on any atom is -0.384 e. The van der Waals surface area contributed by atoms with Crippen LogP contribution in [0.3, 0.4) is 0 Å². The molecular formula is C12H9ClN4. The maximum Gasteiger partial charge on any atom is 0.123 e. The van der Waals surface area contributed by atoms with Crippen LogP contribution in [0.5, 0.6) is 0 Å². The van der Waals surface area contributed by atoms with E-state index in [0.29, 0.717) is 10.8 Å². The van der Waals surface area contributed by atoms with Crippen LogP contribution in [-0.2, 0) is 0 Å². The number of pyridine rings is 2. The molecule has 0 bridgehead atoms. The fourth-order valence-electron chi connectivity index (χ4n) is 1.74. The van der Waals surface area contributed by atoms with Crippen LogP contribution in [0.2, 0.25) is 5.02 Å². The molecule has 0 spiro atoms. The highest BCUT2D eigenvalue weighted by atomic mass is 35.5. The Morgan fingerprint density at radius 1 is 1.18 bits per heavy atom. The molecule has 3 heterocycles. The fourth-order valence-corrected chi connectivity index (χ4v) is 1.90. The van der Waals surface area contributed by atoms with Crippen LogP contribution in [-0.4, -0.2) is 14.6 Å². The quantitative estimate of drug-likeness (QED) is 0.716. The first-order chi connectivity index (χ1) is 8.24. The number of halogens is 1. The molecule has 17 heavy (non-hydrogen) atoms. The number of fused-ring (bicyclic) bond motifs is 1. The number of nitrogens with two attached hydrogens (primary N) is 1. The molecule has 2 N–H and O–H groups in total. The second-order valence-electron chi connectivity index (χ2n) is 3.70. The number of rotatable bonds is 1. The number of nitrogen functional groups attached to an aromatic ring is 1. The van der Waals surface area contributed by atoms with E-state index < -0.39 is 0 Å². The van der Waals surface area contributed by atoms with Crippen LogP contribution in [0.1, 0.15) is 0 Å². The Kier molecular flexibility index (Phi) is 2.23. The van der Waals surface area contributed by atoms with Crippen LogP contribution in [0.4, 0.5) is 5.82 Å². The van der Waals surface area contributed by atoms with E-state index in [2.05, 4.69) is 10.1 Å². The summed E-state index contributed by atoms with van der Waals surface area (Å²) < 4.78 is 1.78. The molecule has 4 nitrogen and oxygen atoms in total. The van der Waals surface area contributed by atoms with E-state index in [9.17, 15) is 0 Å². The van der Waals surface area contributed by atoms with Gasteiger partial charge in [-0.1, -0.05) is 11.6 Å². The third-order valence-corrected chi connectivity index (χ3v) is 2.82. The van der Waals surface area contributed by atoms with Gasteiger partial charge >= 0.3 is 0 Å². The van der Waals surface area contributed by atoms with Gasteiger partial charge in [-0.3, -0.25) is 0 Å². The summed E-state index contributed by atoms with van der Waals surface area (Å²) in [5, 5.41) is 4.94. The lowest BCUT2D eigenvalue weighted by Crippen LogP contribution is -1.89. The lowest BCUT2D eigenvalue weighted by molar-refractivity contribution is 0.961. The molecule has 0 unspecified atom stereocenters. The van der Waals surface area contributed by atoms with Gasteiger partial charge in [0.05, 0.1) is 11.7 Å². The normalized spacial score (nSPS) is 10.9. The molecule has 0 amide bonds. The molecule has 84 valence electrons. The molecule has 0 radical (unpaired) electrons. The average molecular weight is 245 g/mol. The van der Waals surface area contributed by atoms with Crippen molar-refractivity contribution in [1.82, 2.24) is 14.6 Å². The number of hydrogen-bond acceptors (Lipinski definition) is 3. The zero-order valence-corrected chi connectivity index (χ0v) is 9.59. The van der Waals surface area contributed by atoms with E-state index in [-0.39, 0.29) is 0 Å². The summed E-state index contributed by atoms with van der Waals surface area (Å²) in [4.78, 5) is 4.07. The summed E-state index contributed by atoms with van der Waals surface area (Å²) in [7, 11) is 0. The van der Waals surface area contributed by atoms with Crippen molar-refractivity contribution in [2.75, 3.05) is 5.73 Å². The lowest BCUT2D eigenvalue weighted by atomic mass is 10.1. The second-order valence-corrected chi connectivity index (χ2v) is 4.14. The van der Waals surface area contributed by atoms with Crippen LogP contribution in [0, 0.1) is 0 Å². The van der Waals surface area contributed by atoms with Crippen molar-refractivity contribution in [1.29, 1.82) is 0 Å². The first kappa shape index (κ1) is 10.1. The van der Waals surface area contributed by atoms with Gasteiger partial charge in [-0.15, -0.1) is 0 Å². The minimum atomic E-state index is 0.503. The van der Waals surface area contributed by atoms with Gasteiger partial charge < -0.3 is 5.73 Å². The minimum absolute atomic E-state index is 0.503. The average Bonchev–Trinajstić information content (AvgIpc) is 2.73. The van der Waals surface area contributed by atoms with Crippen LogP contribution < -0.4 is 5.73 Å². The molecule has 0 atom stereocenters. The highest BCUT2D eigenvalue weighted by Gasteiger charge is 2.07. The summed E-state index contributed by atoms with van der Waals surface area (Å²) in [5.41, 5.74) is 8.47. The fraction of sp³-hybridized carbons (Fsp3) is 0. The third-order valence-electron chi connectivity index (χ3n) is 2.58. The molecule has 3 aromatic rings. The van der Waals surface area contributed by atoms with E-state index in [4.69, 9.17) is 17.3 Å². The van der Waals surface area contributed by atoms with Gasteiger partial charge in [-0.25, -0.2) is 9.50 Å². The van der Waals surface area contributed by atoms with Crippen LogP contribution in [0.25, 0.3) is 16.6 Å². The highest BCUT2D eigenvalue weighted by molar-refractivity contribution is 6.31. The largest absolute Gasteiger partial charge is 0.384 e. The molecule has 5 heteroatoms. The molecule has 0 fully saturated rings. The van der Waals surface area contributed by atoms with Crippen LogP contribution >= 0.6 is 11.6 Å². The smallest absolute Gasteiger partial charge is 0.123 e. The van der Waals surface area contributed by atoms with Gasteiger partial charge in [0.15, 0.2) is 0 Å². The predicted molar refractivity (Wildman–Crippen MR) is 67.8 cm³/mol. The molecule has 0 aromatic carbocycles. The molecule has 0 aliphatic rings. The Bertz CT molecular complexity index is 673. The summed E-state index contributed by atoms with van der Waals surface area (Å²) in [6.45, 7) is 0. The standard InChI is InChI=1S/C12H9ClN4/c13-9-3-4-17-11(5-9)10(7-16-17)8-1-2-12(14)15-6-8/h1-7H,(H2,14,15). The molecule has 0 saturated carbocycles. The van der Waals surface area contributed by atoms with Gasteiger partial charge in [0.25, 0.3) is 0 Å². The van der Waals surface area contributed by atoms with Crippen LogP contribution in [0.15, 0.2) is 42.9 Å². The molecule has 3 rings (SSSR count). The van der Waals surface area contributed by atoms with Gasteiger partial charge in [-0.2, -0.15) is 5.10 Å². The van der Waals surface area contributed by atoms with E-state index in [0.717, 1.165) is 16.6 Å². The number of nitrogens with zero attached hydrogens (tertiary/aromatic N) is 3. The van der Waals surface area contributed by atoms with Crippen molar-refractivity contribution in [3.63, 3.8) is 0 Å². The van der Waals surface area contributed by atoms with E-state index >= 15 is 0 Å². The predicted octanol–water partition coefficient (Wildman–Crippen LogP) is 2.63. The van der Waals surface area contributed by atoms with Gasteiger partial charge in [0.2, 0.25) is 0 Å². The SMILES string of the molecule is Nc1ccc(-c2cnn3ccc(Cl)cc23)cn1. The Balaban J connectivity index is 2.23. The van der Waals surface area contributed by atoms with Crippen molar-refractivity contribution in [3.05, 3.63) is 47.9 Å². The topological polar surface area (TPSA) is 56.2 Å². The zero-order chi connectivity index (χ0) is 11.8. The number of anilines is 1. The van der Waals surface area contributed by atoms with Crippen molar-refractivity contribution in [3.8, 4) is 11.1 Å². The molecule has 0 aliphatic carbocycles. The highest BCUT2D eigenvalue weighted by Crippen LogP contribution is 2.25. The van der Waals surface area contributed by atoms with E-state index in [1.165, 1.54) is 0 Å². The first-order valence-corrected chi connectivity index (χ1v) is 5.46. The van der Waals surface area contributed by atoms with Gasteiger partial charge in [0, 0.05) is 28.5 Å². The second kappa shape index (κ2) is 3.75. The molecule has 3 aromatic heterocycles. The zero-order valence-electron chi connectivity index (χ0n) is 8.84. The van der Waals surface area contributed by atoms with Crippen molar-refractivity contribution in [2.45, 2.75) is 0 Å². The summed E-state index contributed by atoms with van der Waals surface area (Å²) in [6, 6.07) is 7.36. The van der Waals surface area contributed by atoms with Gasteiger partial charge in [-0.05, 0) is 24.3 Å². The van der Waals surface area contributed by atoms with E-state index in [1.807, 2.05) is 18.3 Å². The maximum absolute atomic E-state index is 5.98. The third kappa shape index (κ3) is 1.72. The number of hydrogen-bond donors (Lipinski definition) is 1. The van der Waals surface area contributed by atoms with Crippen molar-refractivity contribution >= 4 is 22.9 Å². The summed E-state index contributed by atoms with van der Waals surface area (Å²) in [6.07, 6.45) is 5.35. The van der Waals surface area contributed by atoms with Crippen molar-refractivity contribution in [2.24, 2.45) is 0 Å². The lowest BCUT2D eigenvalue weighted by Gasteiger charge is -2.00. The molecule has 0 aliphatic heterocycles.